The molecule has 0 aromatic heterocycles. The molecule has 7 heteroatoms. The third kappa shape index (κ3) is 4.67. The highest BCUT2D eigenvalue weighted by atomic mass is 16.5. The number of likely N-dealkylation sites (tertiary alicyclic amines) is 1. The molecular formula is C25H32N2O5. The first-order chi connectivity index (χ1) is 15.4. The minimum atomic E-state index is -1.06. The lowest BCUT2D eigenvalue weighted by Gasteiger charge is -2.42. The zero-order chi connectivity index (χ0) is 22.7. The highest BCUT2D eigenvalue weighted by molar-refractivity contribution is 5.89. The topological polar surface area (TPSA) is 99.1 Å². The maximum atomic E-state index is 13.8. The summed E-state index contributed by atoms with van der Waals surface area (Å²) in [7, 11) is 1.64. The van der Waals surface area contributed by atoms with Crippen molar-refractivity contribution >= 4 is 22.8 Å². The second-order valence-electron chi connectivity index (χ2n) is 9.12. The summed E-state index contributed by atoms with van der Waals surface area (Å²) in [4.78, 5) is 26.5. The molecule has 1 saturated heterocycles. The number of benzene rings is 2. The van der Waals surface area contributed by atoms with E-state index in [9.17, 15) is 14.7 Å². The van der Waals surface area contributed by atoms with Crippen molar-refractivity contribution in [3.05, 3.63) is 42.0 Å². The van der Waals surface area contributed by atoms with Crippen LogP contribution in [0.25, 0.3) is 10.8 Å². The maximum absolute atomic E-state index is 13.8. The van der Waals surface area contributed by atoms with Crippen LogP contribution < -0.4 is 10.1 Å². The van der Waals surface area contributed by atoms with E-state index in [0.717, 1.165) is 41.3 Å². The number of piperidine rings is 1. The molecule has 0 spiro atoms. The number of carbonyl (C=O) groups excluding carboxylic acids is 1. The first-order valence-electron chi connectivity index (χ1n) is 11.5. The number of fused-ring (bicyclic) bond motifs is 1. The van der Waals surface area contributed by atoms with Crippen LogP contribution in [-0.4, -0.2) is 59.0 Å². The summed E-state index contributed by atoms with van der Waals surface area (Å²) in [5, 5.41) is 25.2. The van der Waals surface area contributed by atoms with E-state index in [4.69, 9.17) is 9.84 Å². The second-order valence-corrected chi connectivity index (χ2v) is 9.12. The van der Waals surface area contributed by atoms with Crippen molar-refractivity contribution in [3.63, 3.8) is 0 Å². The van der Waals surface area contributed by atoms with Gasteiger partial charge in [-0.3, -0.25) is 4.79 Å². The van der Waals surface area contributed by atoms with Gasteiger partial charge in [-0.15, -0.1) is 0 Å². The standard InChI is InChI=1S/C25H32N2O5/c1-32-21-8-7-17-15-19(6-5-18(17)16-21)22(25(31)11-3-2-4-12-25)23(28)27-13-9-20(10-14-27)26-24(29)30/h5-8,15-16,20,22,26,31H,2-4,9-14H2,1H3,(H,29,30). The minimum Gasteiger partial charge on any atom is -0.497 e. The smallest absolute Gasteiger partial charge is 0.404 e. The van der Waals surface area contributed by atoms with Gasteiger partial charge >= 0.3 is 6.09 Å². The number of hydrogen-bond donors (Lipinski definition) is 3. The average molecular weight is 441 g/mol. The van der Waals surface area contributed by atoms with Crippen molar-refractivity contribution in [2.45, 2.75) is 62.5 Å². The Morgan fingerprint density at radius 2 is 1.72 bits per heavy atom. The predicted octanol–water partition coefficient (Wildman–Crippen LogP) is 3.89. The lowest BCUT2D eigenvalue weighted by Crippen LogP contribution is -2.52. The quantitative estimate of drug-likeness (QED) is 0.655. The summed E-state index contributed by atoms with van der Waals surface area (Å²) in [6.45, 7) is 0.974. The molecule has 0 bridgehead atoms. The Morgan fingerprint density at radius 3 is 2.38 bits per heavy atom. The van der Waals surface area contributed by atoms with Gasteiger partial charge in [-0.25, -0.2) is 4.79 Å². The van der Waals surface area contributed by atoms with Crippen molar-refractivity contribution in [3.8, 4) is 5.75 Å². The van der Waals surface area contributed by atoms with E-state index in [1.165, 1.54) is 0 Å². The number of methoxy groups -OCH3 is 1. The molecule has 0 radical (unpaired) electrons. The van der Waals surface area contributed by atoms with E-state index < -0.39 is 17.6 Å². The summed E-state index contributed by atoms with van der Waals surface area (Å²) < 4.78 is 5.32. The molecule has 2 aromatic carbocycles. The monoisotopic (exact) mass is 440 g/mol. The number of hydrogen-bond acceptors (Lipinski definition) is 4. The fourth-order valence-corrected chi connectivity index (χ4v) is 5.29. The molecule has 2 amide bonds. The molecule has 1 unspecified atom stereocenters. The summed E-state index contributed by atoms with van der Waals surface area (Å²) in [5.74, 6) is 0.0935. The van der Waals surface area contributed by atoms with Gasteiger partial charge in [0.1, 0.15) is 5.75 Å². The molecule has 1 aliphatic carbocycles. The molecule has 32 heavy (non-hydrogen) atoms. The van der Waals surface area contributed by atoms with Gasteiger partial charge in [0.15, 0.2) is 0 Å². The van der Waals surface area contributed by atoms with Crippen LogP contribution in [0.1, 0.15) is 56.4 Å². The average Bonchev–Trinajstić information content (AvgIpc) is 2.79. The van der Waals surface area contributed by atoms with Gasteiger partial charge in [0, 0.05) is 19.1 Å². The number of nitrogens with one attached hydrogen (secondary N) is 1. The molecule has 7 nitrogen and oxygen atoms in total. The zero-order valence-corrected chi connectivity index (χ0v) is 18.5. The molecule has 2 aliphatic rings. The Kier molecular flexibility index (Phi) is 6.55. The zero-order valence-electron chi connectivity index (χ0n) is 18.5. The van der Waals surface area contributed by atoms with Gasteiger partial charge in [0.05, 0.1) is 18.6 Å². The van der Waals surface area contributed by atoms with Crippen LogP contribution in [0.5, 0.6) is 5.75 Å². The number of carbonyl (C=O) groups is 2. The molecule has 1 atom stereocenters. The van der Waals surface area contributed by atoms with Crippen LogP contribution in [0.15, 0.2) is 36.4 Å². The summed E-state index contributed by atoms with van der Waals surface area (Å²) in [5.41, 5.74) is -0.228. The lowest BCUT2D eigenvalue weighted by atomic mass is 9.71. The van der Waals surface area contributed by atoms with Gasteiger partial charge in [-0.2, -0.15) is 0 Å². The van der Waals surface area contributed by atoms with E-state index in [2.05, 4.69) is 5.32 Å². The molecule has 1 saturated carbocycles. The van der Waals surface area contributed by atoms with Crippen molar-refractivity contribution < 1.29 is 24.5 Å². The molecule has 4 rings (SSSR count). The summed E-state index contributed by atoms with van der Waals surface area (Å²) in [6.07, 6.45) is 4.26. The molecule has 1 heterocycles. The number of nitrogens with zero attached hydrogens (tertiary/aromatic N) is 1. The minimum absolute atomic E-state index is 0.0592. The maximum Gasteiger partial charge on any atom is 0.404 e. The van der Waals surface area contributed by atoms with Crippen LogP contribution >= 0.6 is 0 Å². The third-order valence-electron chi connectivity index (χ3n) is 7.04. The Hall–Kier alpha value is -2.80. The van der Waals surface area contributed by atoms with Crippen LogP contribution in [0.2, 0.25) is 0 Å². The van der Waals surface area contributed by atoms with Crippen molar-refractivity contribution in [1.29, 1.82) is 0 Å². The van der Waals surface area contributed by atoms with Crippen LogP contribution in [0.3, 0.4) is 0 Å². The summed E-state index contributed by atoms with van der Waals surface area (Å²) >= 11 is 0. The van der Waals surface area contributed by atoms with Gasteiger partial charge in [-0.05, 0) is 54.2 Å². The Morgan fingerprint density at radius 1 is 1.06 bits per heavy atom. The van der Waals surface area contributed by atoms with Crippen LogP contribution in [0, 0.1) is 0 Å². The molecule has 2 fully saturated rings. The molecule has 3 N–H and O–H groups in total. The first-order valence-corrected chi connectivity index (χ1v) is 11.5. The summed E-state index contributed by atoms with van der Waals surface area (Å²) in [6, 6.07) is 11.7. The van der Waals surface area contributed by atoms with E-state index in [-0.39, 0.29) is 11.9 Å². The number of amides is 2. The molecule has 2 aromatic rings. The predicted molar refractivity (Wildman–Crippen MR) is 122 cm³/mol. The van der Waals surface area contributed by atoms with Crippen molar-refractivity contribution in [2.75, 3.05) is 20.2 Å². The fraction of sp³-hybridized carbons (Fsp3) is 0.520. The number of aliphatic hydroxyl groups is 1. The number of carboxylic acid groups (broad SMARTS) is 1. The van der Waals surface area contributed by atoms with Crippen molar-refractivity contribution in [2.24, 2.45) is 0 Å². The lowest BCUT2D eigenvalue weighted by molar-refractivity contribution is -0.142. The first kappa shape index (κ1) is 22.4. The Bertz CT molecular complexity index is 977. The second kappa shape index (κ2) is 9.36. The van der Waals surface area contributed by atoms with Crippen LogP contribution in [0.4, 0.5) is 4.79 Å². The SMILES string of the molecule is COc1ccc2cc(C(C(=O)N3CCC(NC(=O)O)CC3)C3(O)CCCCC3)ccc2c1. The Labute approximate surface area is 188 Å². The molecular weight excluding hydrogens is 408 g/mol. The molecule has 172 valence electrons. The largest absolute Gasteiger partial charge is 0.497 e. The highest BCUT2D eigenvalue weighted by Crippen LogP contribution is 2.42. The highest BCUT2D eigenvalue weighted by Gasteiger charge is 2.45. The van der Waals surface area contributed by atoms with Crippen molar-refractivity contribution in [1.82, 2.24) is 10.2 Å². The normalized spacial score (nSPS) is 20.0. The fourth-order valence-electron chi connectivity index (χ4n) is 5.29. The number of rotatable bonds is 5. The number of ether oxygens (including phenoxy) is 1. The van der Waals surface area contributed by atoms with Gasteiger partial charge in [0.2, 0.25) is 5.91 Å². The Balaban J connectivity index is 1.63. The van der Waals surface area contributed by atoms with Crippen LogP contribution in [-0.2, 0) is 4.79 Å². The van der Waals surface area contributed by atoms with E-state index in [1.807, 2.05) is 36.4 Å². The van der Waals surface area contributed by atoms with E-state index >= 15 is 0 Å². The van der Waals surface area contributed by atoms with E-state index in [1.54, 1.807) is 12.0 Å². The molecule has 1 aliphatic heterocycles. The van der Waals surface area contributed by atoms with E-state index in [0.29, 0.717) is 38.8 Å². The third-order valence-corrected chi connectivity index (χ3v) is 7.04. The van der Waals surface area contributed by atoms with Gasteiger partial charge < -0.3 is 25.2 Å². The van der Waals surface area contributed by atoms with Gasteiger partial charge in [0.25, 0.3) is 0 Å². The van der Waals surface area contributed by atoms with Gasteiger partial charge in [-0.1, -0.05) is 43.5 Å².